The Morgan fingerprint density at radius 1 is 1.18 bits per heavy atom. The third-order valence-corrected chi connectivity index (χ3v) is 3.73. The number of ether oxygens (including phenoxy) is 1. The standard InChI is InChI=1S/C8H11NO2.C7H10.2C2H6/c10-7-8(1-2-8)3-6-4-11-5-9(6)7;1-3-5-7-6-4-2;2*1-2/h6H,1-5H2;3-7H,1H2,2H3;2*1-2H3/b;6-4-,7-5-;;. The predicted molar refractivity (Wildman–Crippen MR) is 94.6 cm³/mol. The van der Waals surface area contributed by atoms with Crippen molar-refractivity contribution < 1.29 is 9.53 Å². The van der Waals surface area contributed by atoms with Crippen LogP contribution in [0.15, 0.2) is 37.0 Å². The summed E-state index contributed by atoms with van der Waals surface area (Å²) in [5.74, 6) is 0.361. The lowest BCUT2D eigenvalue weighted by Gasteiger charge is -2.11. The molecule has 3 rings (SSSR count). The van der Waals surface area contributed by atoms with Gasteiger partial charge in [0.1, 0.15) is 6.73 Å². The van der Waals surface area contributed by atoms with Crippen molar-refractivity contribution in [2.45, 2.75) is 59.9 Å². The van der Waals surface area contributed by atoms with Crippen molar-refractivity contribution >= 4 is 5.91 Å². The molecule has 22 heavy (non-hydrogen) atoms. The molecule has 0 N–H and O–H groups in total. The number of hydrogen-bond acceptors (Lipinski definition) is 2. The van der Waals surface area contributed by atoms with Gasteiger partial charge in [0.25, 0.3) is 0 Å². The Kier molecular flexibility index (Phi) is 10.6. The summed E-state index contributed by atoms with van der Waals surface area (Å²) in [6, 6.07) is 0.421. The van der Waals surface area contributed by atoms with E-state index in [2.05, 4.69) is 6.58 Å². The summed E-state index contributed by atoms with van der Waals surface area (Å²) in [4.78, 5) is 13.5. The first-order valence-electron chi connectivity index (χ1n) is 8.53. The fourth-order valence-corrected chi connectivity index (χ4v) is 2.54. The zero-order valence-electron chi connectivity index (χ0n) is 15.0. The van der Waals surface area contributed by atoms with Gasteiger partial charge in [0.05, 0.1) is 18.1 Å². The number of nitrogens with zero attached hydrogens (tertiary/aromatic N) is 1. The fraction of sp³-hybridized carbons (Fsp3) is 0.632. The second-order valence-corrected chi connectivity index (χ2v) is 5.06. The van der Waals surface area contributed by atoms with Crippen molar-refractivity contribution in [1.29, 1.82) is 0 Å². The number of fused-ring (bicyclic) bond motifs is 1. The number of hydrogen-bond donors (Lipinski definition) is 0. The monoisotopic (exact) mass is 307 g/mol. The van der Waals surface area contributed by atoms with E-state index in [0.29, 0.717) is 18.7 Å². The van der Waals surface area contributed by atoms with Gasteiger partial charge in [-0.25, -0.2) is 0 Å². The molecule has 0 aromatic heterocycles. The van der Waals surface area contributed by atoms with Crippen molar-refractivity contribution in [2.24, 2.45) is 5.41 Å². The molecule has 2 heterocycles. The van der Waals surface area contributed by atoms with Crippen LogP contribution in [0.5, 0.6) is 0 Å². The summed E-state index contributed by atoms with van der Waals surface area (Å²) < 4.78 is 5.21. The first kappa shape index (κ1) is 20.6. The molecule has 1 saturated carbocycles. The maximum atomic E-state index is 11.6. The summed E-state index contributed by atoms with van der Waals surface area (Å²) in [5.41, 5.74) is 0.106. The average Bonchev–Trinajstić information content (AvgIpc) is 3.13. The smallest absolute Gasteiger partial charge is 0.231 e. The summed E-state index contributed by atoms with van der Waals surface area (Å²) in [6.45, 7) is 14.8. The van der Waals surface area contributed by atoms with Crippen LogP contribution < -0.4 is 0 Å². The van der Waals surface area contributed by atoms with E-state index in [9.17, 15) is 4.79 Å². The van der Waals surface area contributed by atoms with E-state index in [0.717, 1.165) is 25.9 Å². The van der Waals surface area contributed by atoms with Gasteiger partial charge in [0.2, 0.25) is 5.91 Å². The van der Waals surface area contributed by atoms with Crippen molar-refractivity contribution in [2.75, 3.05) is 13.3 Å². The Morgan fingerprint density at radius 2 is 1.82 bits per heavy atom. The fourth-order valence-electron chi connectivity index (χ4n) is 2.54. The molecule has 3 nitrogen and oxygen atoms in total. The minimum Gasteiger partial charge on any atom is -0.359 e. The lowest BCUT2D eigenvalue weighted by Crippen LogP contribution is -2.29. The highest BCUT2D eigenvalue weighted by Gasteiger charge is 2.60. The van der Waals surface area contributed by atoms with Crippen molar-refractivity contribution in [3.05, 3.63) is 37.0 Å². The Hall–Kier alpha value is -1.35. The normalized spacial score (nSPS) is 23.2. The number of carbonyl (C=O) groups is 1. The molecule has 0 radical (unpaired) electrons. The average molecular weight is 307 g/mol. The highest BCUT2D eigenvalue weighted by molar-refractivity contribution is 5.88. The number of rotatable bonds is 2. The van der Waals surface area contributed by atoms with Gasteiger partial charge in [-0.1, -0.05) is 64.7 Å². The van der Waals surface area contributed by atoms with E-state index in [4.69, 9.17) is 4.74 Å². The van der Waals surface area contributed by atoms with Gasteiger partial charge in [-0.3, -0.25) is 4.79 Å². The quantitative estimate of drug-likeness (QED) is 0.691. The molecular weight excluding hydrogens is 274 g/mol. The second kappa shape index (κ2) is 11.2. The van der Waals surface area contributed by atoms with Crippen LogP contribution in [0.2, 0.25) is 0 Å². The minimum absolute atomic E-state index is 0.106. The molecule has 0 aromatic carbocycles. The van der Waals surface area contributed by atoms with Crippen molar-refractivity contribution in [3.8, 4) is 0 Å². The maximum Gasteiger partial charge on any atom is 0.231 e. The van der Waals surface area contributed by atoms with E-state index in [-0.39, 0.29) is 5.41 Å². The van der Waals surface area contributed by atoms with Gasteiger partial charge in [-0.2, -0.15) is 0 Å². The minimum atomic E-state index is 0.106. The van der Waals surface area contributed by atoms with Crippen LogP contribution in [0.1, 0.15) is 53.9 Å². The first-order chi connectivity index (χ1) is 10.7. The van der Waals surface area contributed by atoms with Gasteiger partial charge in [0, 0.05) is 0 Å². The van der Waals surface area contributed by atoms with E-state index in [1.54, 1.807) is 6.08 Å². The Bertz CT molecular complexity index is 381. The lowest BCUT2D eigenvalue weighted by atomic mass is 10.0. The second-order valence-electron chi connectivity index (χ2n) is 5.06. The molecule has 3 aliphatic rings. The van der Waals surface area contributed by atoms with Crippen LogP contribution in [-0.4, -0.2) is 30.2 Å². The third-order valence-electron chi connectivity index (χ3n) is 3.73. The van der Waals surface area contributed by atoms with Crippen LogP contribution >= 0.6 is 0 Å². The topological polar surface area (TPSA) is 29.5 Å². The summed E-state index contributed by atoms with van der Waals surface area (Å²) >= 11 is 0. The van der Waals surface area contributed by atoms with Gasteiger partial charge >= 0.3 is 0 Å². The largest absolute Gasteiger partial charge is 0.359 e. The first-order valence-corrected chi connectivity index (χ1v) is 8.53. The molecular formula is C19H33NO2. The van der Waals surface area contributed by atoms with E-state index < -0.39 is 0 Å². The van der Waals surface area contributed by atoms with Crippen LogP contribution in [0.3, 0.4) is 0 Å². The van der Waals surface area contributed by atoms with Gasteiger partial charge in [-0.15, -0.1) is 0 Å². The van der Waals surface area contributed by atoms with Crippen LogP contribution in [-0.2, 0) is 9.53 Å². The molecule has 2 saturated heterocycles. The van der Waals surface area contributed by atoms with E-state index in [1.807, 2.05) is 63.8 Å². The van der Waals surface area contributed by atoms with Gasteiger partial charge < -0.3 is 9.64 Å². The van der Waals surface area contributed by atoms with Crippen LogP contribution in [0.25, 0.3) is 0 Å². The molecule has 1 aliphatic carbocycles. The highest BCUT2D eigenvalue weighted by atomic mass is 16.5. The summed E-state index contributed by atoms with van der Waals surface area (Å²) in [6.07, 6.45) is 12.8. The number of amides is 1. The Morgan fingerprint density at radius 3 is 2.27 bits per heavy atom. The summed E-state index contributed by atoms with van der Waals surface area (Å²) in [5, 5.41) is 0. The molecule has 2 aliphatic heterocycles. The van der Waals surface area contributed by atoms with E-state index in [1.165, 1.54) is 0 Å². The SMILES string of the molecule is C=C/C=C\C=C/C.CC.CC.O=C1N2COCC2CC12CC2. The molecule has 0 bridgehead atoms. The zero-order valence-corrected chi connectivity index (χ0v) is 15.0. The van der Waals surface area contributed by atoms with Crippen molar-refractivity contribution in [1.82, 2.24) is 4.90 Å². The van der Waals surface area contributed by atoms with Gasteiger partial charge in [0.15, 0.2) is 0 Å². The molecule has 3 heteroatoms. The molecule has 126 valence electrons. The number of allylic oxidation sites excluding steroid dienone is 5. The Labute approximate surface area is 136 Å². The molecule has 1 spiro atoms. The predicted octanol–water partition coefficient (Wildman–Crippen LogP) is 4.71. The molecule has 0 aromatic rings. The van der Waals surface area contributed by atoms with Crippen molar-refractivity contribution in [3.63, 3.8) is 0 Å². The molecule has 1 atom stereocenters. The van der Waals surface area contributed by atoms with Crippen LogP contribution in [0, 0.1) is 5.41 Å². The Balaban J connectivity index is 0.000000353. The molecule has 3 fully saturated rings. The zero-order chi connectivity index (χ0) is 17.0. The van der Waals surface area contributed by atoms with E-state index >= 15 is 0 Å². The number of carbonyl (C=O) groups excluding carboxylic acids is 1. The molecule has 1 amide bonds. The molecule has 1 unspecified atom stereocenters. The lowest BCUT2D eigenvalue weighted by molar-refractivity contribution is -0.133. The van der Waals surface area contributed by atoms with Crippen LogP contribution in [0.4, 0.5) is 0 Å². The summed E-state index contributed by atoms with van der Waals surface area (Å²) in [7, 11) is 0. The maximum absolute atomic E-state index is 11.6. The highest BCUT2D eigenvalue weighted by Crippen LogP contribution is 2.56. The van der Waals surface area contributed by atoms with Gasteiger partial charge in [-0.05, 0) is 26.2 Å². The third kappa shape index (κ3) is 5.45.